The number of rotatable bonds is 10. The molecule has 0 aromatic carbocycles. The summed E-state index contributed by atoms with van der Waals surface area (Å²) in [6.45, 7) is 5.71. The summed E-state index contributed by atoms with van der Waals surface area (Å²) in [6, 6.07) is 0. The van der Waals surface area contributed by atoms with Gasteiger partial charge in [0.05, 0.1) is 25.4 Å². The summed E-state index contributed by atoms with van der Waals surface area (Å²) in [6.07, 6.45) is 24.2. The van der Waals surface area contributed by atoms with Gasteiger partial charge in [-0.3, -0.25) is 0 Å². The molecule has 0 unspecified atom stereocenters. The van der Waals surface area contributed by atoms with Gasteiger partial charge in [-0.2, -0.15) is 0 Å². The van der Waals surface area contributed by atoms with E-state index in [9.17, 15) is 0 Å². The van der Waals surface area contributed by atoms with Crippen molar-refractivity contribution in [3.63, 3.8) is 0 Å². The molecule has 1 fully saturated rings. The zero-order valence-electron chi connectivity index (χ0n) is 14.2. The highest BCUT2D eigenvalue weighted by molar-refractivity contribution is 5.02. The molecular weight excluding hydrogens is 272 g/mol. The standard InChI is InChI=1S/C20H32O2/c1-3-5-7-9-11-17-21-19-13-15-20(16-14-19)22-18-12-10-8-6-4-2/h5-12,19-20H,3-4,13-18H2,1-2H3. The third kappa shape index (κ3) is 9.75. The highest BCUT2D eigenvalue weighted by Crippen LogP contribution is 2.23. The van der Waals surface area contributed by atoms with Crippen LogP contribution < -0.4 is 0 Å². The third-order valence-electron chi connectivity index (χ3n) is 3.72. The second-order valence-corrected chi connectivity index (χ2v) is 5.59. The summed E-state index contributed by atoms with van der Waals surface area (Å²) < 4.78 is 11.8. The molecular formula is C20H32O2. The van der Waals surface area contributed by atoms with Gasteiger partial charge in [0.1, 0.15) is 0 Å². The molecule has 0 saturated heterocycles. The quantitative estimate of drug-likeness (QED) is 0.505. The fourth-order valence-electron chi connectivity index (χ4n) is 2.45. The van der Waals surface area contributed by atoms with Crippen molar-refractivity contribution in [3.8, 4) is 0 Å². The van der Waals surface area contributed by atoms with E-state index in [0.29, 0.717) is 12.2 Å². The molecule has 1 aliphatic carbocycles. The van der Waals surface area contributed by atoms with Crippen molar-refractivity contribution in [3.05, 3.63) is 48.6 Å². The molecule has 2 nitrogen and oxygen atoms in total. The van der Waals surface area contributed by atoms with Crippen molar-refractivity contribution < 1.29 is 9.47 Å². The summed E-state index contributed by atoms with van der Waals surface area (Å²) in [7, 11) is 0. The summed E-state index contributed by atoms with van der Waals surface area (Å²) in [5.74, 6) is 0. The summed E-state index contributed by atoms with van der Waals surface area (Å²) >= 11 is 0. The Labute approximate surface area is 136 Å². The topological polar surface area (TPSA) is 18.5 Å². The maximum absolute atomic E-state index is 5.88. The van der Waals surface area contributed by atoms with Crippen LogP contribution in [0.1, 0.15) is 52.4 Å². The largest absolute Gasteiger partial charge is 0.374 e. The van der Waals surface area contributed by atoms with Gasteiger partial charge in [0.25, 0.3) is 0 Å². The average molecular weight is 304 g/mol. The van der Waals surface area contributed by atoms with Crippen LogP contribution in [0.25, 0.3) is 0 Å². The summed E-state index contributed by atoms with van der Waals surface area (Å²) in [4.78, 5) is 0. The Balaban J connectivity index is 2.05. The van der Waals surface area contributed by atoms with Crippen LogP contribution in [-0.4, -0.2) is 25.4 Å². The van der Waals surface area contributed by atoms with E-state index in [2.05, 4.69) is 62.5 Å². The molecule has 1 rings (SSSR count). The molecule has 22 heavy (non-hydrogen) atoms. The van der Waals surface area contributed by atoms with Gasteiger partial charge in [0.15, 0.2) is 0 Å². The highest BCUT2D eigenvalue weighted by atomic mass is 16.5. The van der Waals surface area contributed by atoms with Crippen LogP contribution in [-0.2, 0) is 9.47 Å². The van der Waals surface area contributed by atoms with E-state index in [0.717, 1.165) is 51.7 Å². The maximum atomic E-state index is 5.88. The molecule has 0 aliphatic heterocycles. The Hall–Kier alpha value is -1.12. The van der Waals surface area contributed by atoms with Crippen molar-refractivity contribution in [2.45, 2.75) is 64.6 Å². The van der Waals surface area contributed by atoms with E-state index >= 15 is 0 Å². The summed E-state index contributed by atoms with van der Waals surface area (Å²) in [5, 5.41) is 0. The zero-order chi connectivity index (χ0) is 15.9. The van der Waals surface area contributed by atoms with Gasteiger partial charge < -0.3 is 9.47 Å². The Morgan fingerprint density at radius 1 is 0.636 bits per heavy atom. The molecule has 0 radical (unpaired) electrons. The minimum atomic E-state index is 0.405. The maximum Gasteiger partial charge on any atom is 0.0654 e. The molecule has 0 bridgehead atoms. The number of allylic oxidation sites excluding steroid dienone is 6. The fraction of sp³-hybridized carbons (Fsp3) is 0.600. The first-order valence-electron chi connectivity index (χ1n) is 8.73. The van der Waals surface area contributed by atoms with E-state index in [4.69, 9.17) is 9.47 Å². The normalized spacial score (nSPS) is 23.5. The predicted octanol–water partition coefficient (Wildman–Crippen LogP) is 5.38. The lowest BCUT2D eigenvalue weighted by atomic mass is 9.95. The van der Waals surface area contributed by atoms with E-state index < -0.39 is 0 Å². The Morgan fingerprint density at radius 3 is 1.36 bits per heavy atom. The van der Waals surface area contributed by atoms with Crippen LogP contribution in [0.15, 0.2) is 48.6 Å². The van der Waals surface area contributed by atoms with Crippen LogP contribution in [0.2, 0.25) is 0 Å². The van der Waals surface area contributed by atoms with Gasteiger partial charge in [-0.15, -0.1) is 0 Å². The predicted molar refractivity (Wildman–Crippen MR) is 95.1 cm³/mol. The van der Waals surface area contributed by atoms with Crippen molar-refractivity contribution in [1.82, 2.24) is 0 Å². The Morgan fingerprint density at radius 2 is 1.00 bits per heavy atom. The van der Waals surface area contributed by atoms with Crippen LogP contribution in [0, 0.1) is 0 Å². The molecule has 0 amide bonds. The van der Waals surface area contributed by atoms with Crippen LogP contribution in [0.3, 0.4) is 0 Å². The fourth-order valence-corrected chi connectivity index (χ4v) is 2.45. The van der Waals surface area contributed by atoms with Gasteiger partial charge in [-0.1, -0.05) is 62.5 Å². The number of ether oxygens (including phenoxy) is 2. The van der Waals surface area contributed by atoms with Crippen molar-refractivity contribution in [1.29, 1.82) is 0 Å². The first-order chi connectivity index (χ1) is 10.9. The molecule has 0 aromatic rings. The molecule has 1 aliphatic rings. The molecule has 124 valence electrons. The minimum absolute atomic E-state index is 0.405. The van der Waals surface area contributed by atoms with Gasteiger partial charge in [-0.05, 0) is 38.5 Å². The molecule has 2 heteroatoms. The molecule has 0 aromatic heterocycles. The first-order valence-corrected chi connectivity index (χ1v) is 8.73. The van der Waals surface area contributed by atoms with Gasteiger partial charge in [0.2, 0.25) is 0 Å². The van der Waals surface area contributed by atoms with E-state index in [1.807, 2.05) is 0 Å². The molecule has 0 heterocycles. The Bertz CT molecular complexity index is 322. The second kappa shape index (κ2) is 13.5. The SMILES string of the molecule is CCC=CC=CCOC1CCC(OCC=CC=CCC)CC1. The Kier molecular flexibility index (Phi) is 11.6. The van der Waals surface area contributed by atoms with Crippen molar-refractivity contribution in [2.75, 3.05) is 13.2 Å². The van der Waals surface area contributed by atoms with E-state index in [1.165, 1.54) is 0 Å². The van der Waals surface area contributed by atoms with Crippen LogP contribution in [0.5, 0.6) is 0 Å². The lowest BCUT2D eigenvalue weighted by Crippen LogP contribution is -2.26. The third-order valence-corrected chi connectivity index (χ3v) is 3.72. The molecule has 0 atom stereocenters. The van der Waals surface area contributed by atoms with Gasteiger partial charge in [-0.25, -0.2) is 0 Å². The van der Waals surface area contributed by atoms with Crippen molar-refractivity contribution in [2.24, 2.45) is 0 Å². The van der Waals surface area contributed by atoms with Crippen LogP contribution in [0.4, 0.5) is 0 Å². The number of hydrogen-bond acceptors (Lipinski definition) is 2. The average Bonchev–Trinajstić information content (AvgIpc) is 2.55. The monoisotopic (exact) mass is 304 g/mol. The highest BCUT2D eigenvalue weighted by Gasteiger charge is 2.21. The summed E-state index contributed by atoms with van der Waals surface area (Å²) in [5.41, 5.74) is 0. The van der Waals surface area contributed by atoms with Gasteiger partial charge >= 0.3 is 0 Å². The minimum Gasteiger partial charge on any atom is -0.374 e. The smallest absolute Gasteiger partial charge is 0.0654 e. The van der Waals surface area contributed by atoms with Crippen LogP contribution >= 0.6 is 0 Å². The molecule has 1 saturated carbocycles. The molecule has 0 spiro atoms. The number of hydrogen-bond donors (Lipinski definition) is 0. The van der Waals surface area contributed by atoms with E-state index in [-0.39, 0.29) is 0 Å². The zero-order valence-corrected chi connectivity index (χ0v) is 14.2. The lowest BCUT2D eigenvalue weighted by Gasteiger charge is -2.28. The van der Waals surface area contributed by atoms with E-state index in [1.54, 1.807) is 0 Å². The first kappa shape index (κ1) is 18.9. The molecule has 0 N–H and O–H groups in total. The van der Waals surface area contributed by atoms with Gasteiger partial charge in [0, 0.05) is 0 Å². The second-order valence-electron chi connectivity index (χ2n) is 5.59. The lowest BCUT2D eigenvalue weighted by molar-refractivity contribution is -0.0163. The van der Waals surface area contributed by atoms with Crippen molar-refractivity contribution >= 4 is 0 Å².